The van der Waals surface area contributed by atoms with Crippen molar-refractivity contribution in [3.05, 3.63) is 35.1 Å². The number of carbonyl (C=O) groups excluding carboxylic acids is 1. The number of aliphatic carboxylic acids is 1. The van der Waals surface area contributed by atoms with Gasteiger partial charge in [-0.3, -0.25) is 9.59 Å². The second kappa shape index (κ2) is 6.47. The van der Waals surface area contributed by atoms with Gasteiger partial charge >= 0.3 is 5.97 Å². The van der Waals surface area contributed by atoms with E-state index in [9.17, 15) is 14.0 Å². The van der Waals surface area contributed by atoms with Crippen molar-refractivity contribution in [3.8, 4) is 0 Å². The number of methoxy groups -OCH3 is 1. The van der Waals surface area contributed by atoms with Crippen molar-refractivity contribution >= 4 is 11.9 Å². The predicted octanol–water partition coefficient (Wildman–Crippen LogP) is 1.74. The molecule has 2 N–H and O–H groups in total. The van der Waals surface area contributed by atoms with Crippen LogP contribution in [0.2, 0.25) is 0 Å². The molecule has 0 aliphatic carbocycles. The lowest BCUT2D eigenvalue weighted by Gasteiger charge is -2.28. The van der Waals surface area contributed by atoms with Crippen molar-refractivity contribution in [1.29, 1.82) is 0 Å². The van der Waals surface area contributed by atoms with Crippen LogP contribution in [0.25, 0.3) is 0 Å². The van der Waals surface area contributed by atoms with E-state index in [1.54, 1.807) is 13.8 Å². The van der Waals surface area contributed by atoms with Crippen LogP contribution in [0, 0.1) is 12.7 Å². The Labute approximate surface area is 116 Å². The van der Waals surface area contributed by atoms with E-state index in [1.165, 1.54) is 19.2 Å². The third kappa shape index (κ3) is 4.31. The molecule has 0 heterocycles. The molecule has 1 rings (SSSR count). The first kappa shape index (κ1) is 16.1. The van der Waals surface area contributed by atoms with E-state index in [0.29, 0.717) is 5.56 Å². The zero-order valence-electron chi connectivity index (χ0n) is 11.7. The number of carboxylic acids is 1. The SMILES string of the molecule is COCC(C)(CC(=O)O)NC(=O)c1ccc(C)c(F)c1. The van der Waals surface area contributed by atoms with Crippen LogP contribution in [0.15, 0.2) is 18.2 Å². The number of nitrogens with one attached hydrogen (secondary N) is 1. The first-order valence-corrected chi connectivity index (χ1v) is 6.07. The Morgan fingerprint density at radius 1 is 1.45 bits per heavy atom. The zero-order chi connectivity index (χ0) is 15.3. The summed E-state index contributed by atoms with van der Waals surface area (Å²) in [7, 11) is 1.41. The van der Waals surface area contributed by atoms with Gasteiger partial charge in [0.15, 0.2) is 0 Å². The van der Waals surface area contributed by atoms with Gasteiger partial charge in [0.25, 0.3) is 5.91 Å². The first-order chi connectivity index (χ1) is 9.27. The lowest BCUT2D eigenvalue weighted by molar-refractivity contribution is -0.139. The molecule has 0 aliphatic heterocycles. The molecule has 20 heavy (non-hydrogen) atoms. The molecule has 0 radical (unpaired) electrons. The maximum absolute atomic E-state index is 13.4. The number of aryl methyl sites for hydroxylation is 1. The summed E-state index contributed by atoms with van der Waals surface area (Å²) in [5.74, 6) is -2.08. The quantitative estimate of drug-likeness (QED) is 0.834. The van der Waals surface area contributed by atoms with Gasteiger partial charge in [-0.15, -0.1) is 0 Å². The molecule has 0 aliphatic rings. The van der Waals surface area contributed by atoms with E-state index in [0.717, 1.165) is 6.07 Å². The van der Waals surface area contributed by atoms with Crippen LogP contribution in [-0.2, 0) is 9.53 Å². The number of benzene rings is 1. The average molecular weight is 283 g/mol. The topological polar surface area (TPSA) is 75.6 Å². The minimum Gasteiger partial charge on any atom is -0.481 e. The number of carbonyl (C=O) groups is 2. The maximum Gasteiger partial charge on any atom is 0.305 e. The molecule has 1 atom stereocenters. The van der Waals surface area contributed by atoms with Gasteiger partial charge in [0.05, 0.1) is 18.6 Å². The van der Waals surface area contributed by atoms with Crippen LogP contribution in [0.3, 0.4) is 0 Å². The zero-order valence-corrected chi connectivity index (χ0v) is 11.7. The number of hydrogen-bond donors (Lipinski definition) is 2. The second-order valence-electron chi connectivity index (χ2n) is 4.98. The molecule has 0 bridgehead atoms. The number of amides is 1. The van der Waals surface area contributed by atoms with E-state index in [-0.39, 0.29) is 18.6 Å². The Hall–Kier alpha value is -1.95. The molecule has 0 saturated carbocycles. The largest absolute Gasteiger partial charge is 0.481 e. The molecule has 0 saturated heterocycles. The monoisotopic (exact) mass is 283 g/mol. The van der Waals surface area contributed by atoms with Crippen molar-refractivity contribution in [2.75, 3.05) is 13.7 Å². The molecule has 0 fully saturated rings. The van der Waals surface area contributed by atoms with Gasteiger partial charge in [-0.1, -0.05) is 6.07 Å². The molecule has 1 aromatic rings. The van der Waals surface area contributed by atoms with Gasteiger partial charge < -0.3 is 15.2 Å². The molecule has 5 nitrogen and oxygen atoms in total. The minimum atomic E-state index is -1.06. The Morgan fingerprint density at radius 3 is 2.60 bits per heavy atom. The van der Waals surface area contributed by atoms with Crippen LogP contribution >= 0.6 is 0 Å². The van der Waals surface area contributed by atoms with Crippen molar-refractivity contribution in [3.63, 3.8) is 0 Å². The molecule has 1 aromatic carbocycles. The van der Waals surface area contributed by atoms with Gasteiger partial charge in [0.1, 0.15) is 5.82 Å². The smallest absolute Gasteiger partial charge is 0.305 e. The molecule has 0 aromatic heterocycles. The van der Waals surface area contributed by atoms with E-state index >= 15 is 0 Å². The van der Waals surface area contributed by atoms with Crippen molar-refractivity contribution < 1.29 is 23.8 Å². The van der Waals surface area contributed by atoms with Gasteiger partial charge in [-0.2, -0.15) is 0 Å². The highest BCUT2D eigenvalue weighted by Gasteiger charge is 2.30. The van der Waals surface area contributed by atoms with E-state index in [2.05, 4.69) is 5.32 Å². The molecular formula is C14H18FNO4. The van der Waals surface area contributed by atoms with Crippen LogP contribution in [0.1, 0.15) is 29.3 Å². The number of rotatable bonds is 6. The van der Waals surface area contributed by atoms with Crippen LogP contribution in [-0.4, -0.2) is 36.2 Å². The third-order valence-electron chi connectivity index (χ3n) is 2.85. The van der Waals surface area contributed by atoms with E-state index in [4.69, 9.17) is 9.84 Å². The van der Waals surface area contributed by atoms with Crippen LogP contribution in [0.5, 0.6) is 0 Å². The Balaban J connectivity index is 2.89. The average Bonchev–Trinajstić information content (AvgIpc) is 2.31. The fraction of sp³-hybridized carbons (Fsp3) is 0.429. The predicted molar refractivity (Wildman–Crippen MR) is 71.1 cm³/mol. The summed E-state index contributed by atoms with van der Waals surface area (Å²) in [6.45, 7) is 3.20. The lowest BCUT2D eigenvalue weighted by atomic mass is 9.98. The highest BCUT2D eigenvalue weighted by molar-refractivity contribution is 5.95. The number of halogens is 1. The van der Waals surface area contributed by atoms with E-state index in [1.807, 2.05) is 0 Å². The second-order valence-corrected chi connectivity index (χ2v) is 4.98. The van der Waals surface area contributed by atoms with Crippen molar-refractivity contribution in [2.24, 2.45) is 0 Å². The minimum absolute atomic E-state index is 0.0411. The summed E-state index contributed by atoms with van der Waals surface area (Å²) >= 11 is 0. The van der Waals surface area contributed by atoms with Gasteiger partial charge in [-0.25, -0.2) is 4.39 Å². The maximum atomic E-state index is 13.4. The molecule has 1 amide bonds. The first-order valence-electron chi connectivity index (χ1n) is 6.07. The molecule has 1 unspecified atom stereocenters. The Morgan fingerprint density at radius 2 is 2.10 bits per heavy atom. The van der Waals surface area contributed by atoms with Gasteiger partial charge in [0, 0.05) is 12.7 Å². The summed E-state index contributed by atoms with van der Waals surface area (Å²) < 4.78 is 18.4. The lowest BCUT2D eigenvalue weighted by Crippen LogP contribution is -2.50. The Kier molecular flexibility index (Phi) is 5.21. The fourth-order valence-electron chi connectivity index (χ4n) is 1.86. The molecular weight excluding hydrogens is 265 g/mol. The third-order valence-corrected chi connectivity index (χ3v) is 2.85. The molecule has 0 spiro atoms. The standard InChI is InChI=1S/C14H18FNO4/c1-9-4-5-10(6-11(9)15)13(19)16-14(2,8-20-3)7-12(17)18/h4-6H,7-8H2,1-3H3,(H,16,19)(H,17,18). The number of carboxylic acid groups (broad SMARTS) is 1. The Bertz CT molecular complexity index is 518. The fourth-order valence-corrected chi connectivity index (χ4v) is 1.86. The highest BCUT2D eigenvalue weighted by Crippen LogP contribution is 2.14. The van der Waals surface area contributed by atoms with E-state index < -0.39 is 23.2 Å². The summed E-state index contributed by atoms with van der Waals surface area (Å²) in [5, 5.41) is 11.5. The van der Waals surface area contributed by atoms with Crippen molar-refractivity contribution in [1.82, 2.24) is 5.32 Å². The normalized spacial score (nSPS) is 13.6. The summed E-state index contributed by atoms with van der Waals surface area (Å²) in [6, 6.07) is 4.11. The summed E-state index contributed by atoms with van der Waals surface area (Å²) in [6.07, 6.45) is -0.291. The summed E-state index contributed by atoms with van der Waals surface area (Å²) in [4.78, 5) is 22.9. The number of hydrogen-bond acceptors (Lipinski definition) is 3. The summed E-state index contributed by atoms with van der Waals surface area (Å²) in [5.41, 5.74) is -0.480. The van der Waals surface area contributed by atoms with Crippen molar-refractivity contribution in [2.45, 2.75) is 25.8 Å². The van der Waals surface area contributed by atoms with Crippen LogP contribution in [0.4, 0.5) is 4.39 Å². The molecule has 110 valence electrons. The van der Waals surface area contributed by atoms with Gasteiger partial charge in [0.2, 0.25) is 0 Å². The highest BCUT2D eigenvalue weighted by atomic mass is 19.1. The molecule has 6 heteroatoms. The number of ether oxygens (including phenoxy) is 1. The van der Waals surface area contributed by atoms with Gasteiger partial charge in [-0.05, 0) is 31.5 Å². The van der Waals surface area contributed by atoms with Crippen LogP contribution < -0.4 is 5.32 Å².